The first-order chi connectivity index (χ1) is 8.34. The summed E-state index contributed by atoms with van der Waals surface area (Å²) in [4.78, 5) is 0. The number of oxime groups is 1. The second kappa shape index (κ2) is 5.83. The molecule has 1 rings (SSSR count). The number of nitrogens with zero attached hydrogens (tertiary/aromatic N) is 1. The Hall–Kier alpha value is -1.61. The van der Waals surface area contributed by atoms with Crippen molar-refractivity contribution in [1.29, 1.82) is 0 Å². The molecule has 1 N–H and O–H groups in total. The number of benzene rings is 1. The van der Waals surface area contributed by atoms with E-state index in [-0.39, 0.29) is 12.2 Å². The fourth-order valence-electron chi connectivity index (χ4n) is 1.11. The molecule has 18 heavy (non-hydrogen) atoms. The lowest BCUT2D eigenvalue weighted by molar-refractivity contribution is -0.0596. The number of hydrogen-bond acceptors (Lipinski definition) is 5. The third kappa shape index (κ3) is 4.00. The molecular weight excluding hydrogens is 275 g/mol. The summed E-state index contributed by atoms with van der Waals surface area (Å²) >= 11 is 0. The third-order valence-corrected chi connectivity index (χ3v) is 2.09. The Morgan fingerprint density at radius 3 is 2.22 bits per heavy atom. The molecule has 1 aromatic carbocycles. The van der Waals surface area contributed by atoms with Crippen LogP contribution in [0.1, 0.15) is 11.1 Å². The van der Waals surface area contributed by atoms with E-state index in [0.717, 1.165) is 12.1 Å². The average Bonchev–Trinajstić information content (AvgIpc) is 2.28. The Labute approximate surface area is 102 Å². The molecule has 0 saturated carbocycles. The molecule has 0 fully saturated rings. The molecule has 0 unspecified atom stereocenters. The number of thiol groups is 1. The average molecular weight is 283 g/mol. The van der Waals surface area contributed by atoms with E-state index in [4.69, 9.17) is 5.11 Å². The first-order valence-electron chi connectivity index (χ1n) is 4.51. The van der Waals surface area contributed by atoms with Crippen LogP contribution in [0.2, 0.25) is 0 Å². The van der Waals surface area contributed by atoms with Gasteiger partial charge in [-0.25, -0.2) is 0 Å². The molecule has 0 aliphatic rings. The van der Waals surface area contributed by atoms with Crippen LogP contribution >= 0.6 is 0 Å². The molecule has 0 bridgehead atoms. The predicted octanol–water partition coefficient (Wildman–Crippen LogP) is 0.988. The van der Waals surface area contributed by atoms with Gasteiger partial charge in [-0.2, -0.15) is 21.6 Å². The van der Waals surface area contributed by atoms with Gasteiger partial charge in [0.25, 0.3) is 0 Å². The highest BCUT2D eigenvalue weighted by molar-refractivity contribution is 7.67. The Bertz CT molecular complexity index is 500. The van der Waals surface area contributed by atoms with E-state index in [1.165, 1.54) is 12.1 Å². The summed E-state index contributed by atoms with van der Waals surface area (Å²) in [5.74, 6) is 0. The van der Waals surface area contributed by atoms with Gasteiger partial charge in [0.1, 0.15) is 0 Å². The lowest BCUT2D eigenvalue weighted by Gasteiger charge is -2.09. The summed E-state index contributed by atoms with van der Waals surface area (Å²) < 4.78 is 61.5. The van der Waals surface area contributed by atoms with Crippen molar-refractivity contribution >= 4 is 16.7 Å². The van der Waals surface area contributed by atoms with Crippen LogP contribution in [0.4, 0.5) is 13.2 Å². The zero-order valence-electron chi connectivity index (χ0n) is 8.72. The number of halogens is 3. The number of hydrogen-bond donors (Lipinski definition) is 2. The normalized spacial score (nSPS) is 12.8. The largest absolute Gasteiger partial charge is 0.437 e. The number of aliphatic hydroxyl groups excluding tert-OH is 1. The predicted molar refractivity (Wildman–Crippen MR) is 56.4 cm³/mol. The quantitative estimate of drug-likeness (QED) is 0.491. The first kappa shape index (κ1) is 14.5. The Morgan fingerprint density at radius 1 is 1.28 bits per heavy atom. The topological polar surface area (TPSA) is 76.0 Å². The second-order valence-corrected chi connectivity index (χ2v) is 3.71. The van der Waals surface area contributed by atoms with Crippen LogP contribution in [0.5, 0.6) is 0 Å². The maximum absolute atomic E-state index is 12.6. The van der Waals surface area contributed by atoms with Crippen molar-refractivity contribution in [2.75, 3.05) is 0 Å². The third-order valence-electron chi connectivity index (χ3n) is 1.88. The van der Waals surface area contributed by atoms with E-state index in [2.05, 4.69) is 9.44 Å². The minimum absolute atomic E-state index is 0.318. The van der Waals surface area contributed by atoms with Crippen molar-refractivity contribution in [2.24, 2.45) is 5.16 Å². The van der Waals surface area contributed by atoms with Crippen LogP contribution in [0.25, 0.3) is 0 Å². The lowest BCUT2D eigenvalue weighted by atomic mass is 10.1. The summed E-state index contributed by atoms with van der Waals surface area (Å²) in [6.45, 7) is -0.318. The molecule has 0 heterocycles. The van der Waals surface area contributed by atoms with E-state index in [9.17, 15) is 21.6 Å². The van der Waals surface area contributed by atoms with Gasteiger partial charge in [0.2, 0.25) is 0 Å². The minimum Gasteiger partial charge on any atom is -0.392 e. The number of rotatable bonds is 4. The van der Waals surface area contributed by atoms with E-state index in [1.54, 1.807) is 0 Å². The van der Waals surface area contributed by atoms with Gasteiger partial charge in [-0.05, 0) is 5.56 Å². The molecule has 0 saturated heterocycles. The Kier molecular flexibility index (Phi) is 4.68. The van der Waals surface area contributed by atoms with Gasteiger partial charge in [0, 0.05) is 5.56 Å². The summed E-state index contributed by atoms with van der Waals surface area (Å²) in [6, 6.07) is 4.62. The van der Waals surface area contributed by atoms with Crippen LogP contribution in [0.3, 0.4) is 0 Å². The maximum atomic E-state index is 12.6. The highest BCUT2D eigenvalue weighted by Crippen LogP contribution is 2.23. The summed E-state index contributed by atoms with van der Waals surface area (Å²) in [5, 5.41) is 11.3. The van der Waals surface area contributed by atoms with E-state index < -0.39 is 22.9 Å². The van der Waals surface area contributed by atoms with Crippen LogP contribution in [0, 0.1) is 0 Å². The first-order valence-corrected chi connectivity index (χ1v) is 5.61. The molecule has 0 atom stereocenters. The Morgan fingerprint density at radius 2 is 1.83 bits per heavy atom. The van der Waals surface area contributed by atoms with Crippen LogP contribution in [-0.2, 0) is 21.9 Å². The van der Waals surface area contributed by atoms with Gasteiger partial charge in [-0.3, -0.25) is 4.28 Å². The number of aliphatic hydroxyl groups is 1. The van der Waals surface area contributed by atoms with Crippen LogP contribution in [0.15, 0.2) is 29.4 Å². The van der Waals surface area contributed by atoms with Crippen LogP contribution < -0.4 is 0 Å². The molecule has 0 aliphatic heterocycles. The highest BCUT2D eigenvalue weighted by atomic mass is 32.2. The zero-order valence-corrected chi connectivity index (χ0v) is 9.61. The molecule has 0 spiro atoms. The standard InChI is InChI=1S/C9H8F3NO4S/c10-9(11,12)8(13-17-18(15)16)7-3-1-6(5-14)2-4-7/h1-4,14,18H,5H2. The summed E-state index contributed by atoms with van der Waals surface area (Å²) in [7, 11) is -3.51. The van der Waals surface area contributed by atoms with Crippen molar-refractivity contribution < 1.29 is 31.0 Å². The van der Waals surface area contributed by atoms with Gasteiger partial charge in [0.15, 0.2) is 5.71 Å². The summed E-state index contributed by atoms with van der Waals surface area (Å²) in [5.41, 5.74) is -1.42. The molecule has 0 amide bonds. The second-order valence-electron chi connectivity index (χ2n) is 3.10. The molecule has 5 nitrogen and oxygen atoms in total. The van der Waals surface area contributed by atoms with Gasteiger partial charge < -0.3 is 5.11 Å². The van der Waals surface area contributed by atoms with E-state index in [1.807, 2.05) is 0 Å². The molecule has 0 aromatic heterocycles. The minimum atomic E-state index is -4.86. The molecule has 100 valence electrons. The van der Waals surface area contributed by atoms with Gasteiger partial charge in [-0.15, -0.1) is 0 Å². The van der Waals surface area contributed by atoms with Crippen LogP contribution in [-0.4, -0.2) is 25.4 Å². The van der Waals surface area contributed by atoms with Crippen molar-refractivity contribution in [3.8, 4) is 0 Å². The van der Waals surface area contributed by atoms with Crippen molar-refractivity contribution in [3.63, 3.8) is 0 Å². The van der Waals surface area contributed by atoms with Gasteiger partial charge in [0.05, 0.1) is 6.61 Å². The fourth-order valence-corrected chi connectivity index (χ4v) is 1.26. The van der Waals surface area contributed by atoms with Crippen molar-refractivity contribution in [2.45, 2.75) is 12.8 Å². The summed E-state index contributed by atoms with van der Waals surface area (Å²) in [6.07, 6.45) is -4.86. The monoisotopic (exact) mass is 283 g/mol. The molecule has 0 radical (unpaired) electrons. The molecule has 9 heteroatoms. The van der Waals surface area contributed by atoms with Crippen molar-refractivity contribution in [3.05, 3.63) is 35.4 Å². The van der Waals surface area contributed by atoms with Crippen molar-refractivity contribution in [1.82, 2.24) is 0 Å². The SMILES string of the molecule is O=[SH](=O)ON=C(c1ccc(CO)cc1)C(F)(F)F. The zero-order chi connectivity index (χ0) is 13.8. The smallest absolute Gasteiger partial charge is 0.392 e. The molecule has 0 aliphatic carbocycles. The van der Waals surface area contributed by atoms with E-state index >= 15 is 0 Å². The Balaban J connectivity index is 3.13. The van der Waals surface area contributed by atoms with E-state index in [0.29, 0.717) is 5.56 Å². The highest BCUT2D eigenvalue weighted by Gasteiger charge is 2.38. The lowest BCUT2D eigenvalue weighted by Crippen LogP contribution is -2.24. The fraction of sp³-hybridized carbons (Fsp3) is 0.222. The van der Waals surface area contributed by atoms with Gasteiger partial charge in [-0.1, -0.05) is 29.4 Å². The van der Waals surface area contributed by atoms with Gasteiger partial charge >= 0.3 is 17.2 Å². The number of alkyl halides is 3. The maximum Gasteiger partial charge on any atom is 0.437 e. The molecule has 1 aromatic rings. The molecular formula is C9H8F3NO4S.